The van der Waals surface area contributed by atoms with Gasteiger partial charge in [-0.1, -0.05) is 30.3 Å². The number of rotatable bonds is 3. The van der Waals surface area contributed by atoms with Crippen LogP contribution in [0.1, 0.15) is 17.3 Å². The summed E-state index contributed by atoms with van der Waals surface area (Å²) in [5, 5.41) is 0.782. The summed E-state index contributed by atoms with van der Waals surface area (Å²) in [6.07, 6.45) is 3.38. The minimum absolute atomic E-state index is 0.328. The van der Waals surface area contributed by atoms with E-state index >= 15 is 0 Å². The molecule has 100 valence electrons. The molecule has 0 radical (unpaired) electrons. The van der Waals surface area contributed by atoms with Crippen molar-refractivity contribution < 1.29 is 9.53 Å². The number of aromatic amines is 1. The molecule has 4 heteroatoms. The topological polar surface area (TPSA) is 55.0 Å². The van der Waals surface area contributed by atoms with Crippen molar-refractivity contribution in [3.05, 3.63) is 54.4 Å². The molecule has 1 aromatic carbocycles. The molecular weight excluding hydrogens is 252 g/mol. The molecule has 3 rings (SSSR count). The summed E-state index contributed by atoms with van der Waals surface area (Å²) in [5.74, 6) is -0.328. The number of hydrogen-bond donors (Lipinski definition) is 1. The minimum atomic E-state index is -0.328. The number of fused-ring (bicyclic) bond motifs is 1. The van der Waals surface area contributed by atoms with E-state index in [-0.39, 0.29) is 5.97 Å². The molecule has 0 saturated heterocycles. The van der Waals surface area contributed by atoms with E-state index in [1.54, 1.807) is 19.3 Å². The Bertz CT molecular complexity index is 748. The number of ether oxygens (including phenoxy) is 1. The number of esters is 1. The Morgan fingerprint density at radius 1 is 1.25 bits per heavy atom. The number of nitrogens with one attached hydrogen (secondary N) is 1. The number of H-pyrrole nitrogens is 1. The van der Waals surface area contributed by atoms with Gasteiger partial charge in [-0.15, -0.1) is 0 Å². The van der Waals surface area contributed by atoms with Gasteiger partial charge in [0.05, 0.1) is 17.9 Å². The van der Waals surface area contributed by atoms with Gasteiger partial charge in [-0.25, -0.2) is 4.79 Å². The minimum Gasteiger partial charge on any atom is -0.462 e. The van der Waals surface area contributed by atoms with E-state index in [4.69, 9.17) is 4.74 Å². The third kappa shape index (κ3) is 2.05. The Kier molecular flexibility index (Phi) is 3.21. The summed E-state index contributed by atoms with van der Waals surface area (Å²) >= 11 is 0. The van der Waals surface area contributed by atoms with E-state index in [0.717, 1.165) is 22.2 Å². The summed E-state index contributed by atoms with van der Waals surface area (Å²) < 4.78 is 5.17. The third-order valence-electron chi connectivity index (χ3n) is 3.14. The van der Waals surface area contributed by atoms with Crippen molar-refractivity contribution in [3.8, 4) is 11.3 Å². The quantitative estimate of drug-likeness (QED) is 0.739. The standard InChI is InChI=1S/C16H14N2O2/c1-2-20-16(19)14-12-10-17-9-8-13(12)18-15(14)11-6-4-3-5-7-11/h3-10,18H,2H2,1H3. The predicted octanol–water partition coefficient (Wildman–Crippen LogP) is 3.41. The molecule has 0 aliphatic rings. The number of aromatic nitrogens is 2. The SMILES string of the molecule is CCOC(=O)c1c(-c2ccccc2)[nH]c2ccncc12. The fourth-order valence-corrected chi connectivity index (χ4v) is 2.27. The van der Waals surface area contributed by atoms with Crippen LogP contribution in [-0.4, -0.2) is 22.5 Å². The van der Waals surface area contributed by atoms with E-state index in [1.165, 1.54) is 0 Å². The lowest BCUT2D eigenvalue weighted by Crippen LogP contribution is -2.05. The average molecular weight is 266 g/mol. The van der Waals surface area contributed by atoms with Crippen LogP contribution in [0.5, 0.6) is 0 Å². The first-order valence-electron chi connectivity index (χ1n) is 6.49. The Balaban J connectivity index is 2.25. The van der Waals surface area contributed by atoms with Crippen LogP contribution in [0.25, 0.3) is 22.2 Å². The zero-order chi connectivity index (χ0) is 13.9. The van der Waals surface area contributed by atoms with Crippen LogP contribution in [-0.2, 0) is 4.74 Å². The van der Waals surface area contributed by atoms with Crippen molar-refractivity contribution >= 4 is 16.9 Å². The van der Waals surface area contributed by atoms with Gasteiger partial charge in [0.1, 0.15) is 0 Å². The molecule has 0 fully saturated rings. The van der Waals surface area contributed by atoms with Crippen molar-refractivity contribution in [2.24, 2.45) is 0 Å². The molecule has 0 aliphatic heterocycles. The van der Waals surface area contributed by atoms with Crippen molar-refractivity contribution in [1.82, 2.24) is 9.97 Å². The van der Waals surface area contributed by atoms with E-state index in [2.05, 4.69) is 9.97 Å². The first-order valence-corrected chi connectivity index (χ1v) is 6.49. The maximum atomic E-state index is 12.2. The van der Waals surface area contributed by atoms with Gasteiger partial charge >= 0.3 is 5.97 Å². The highest BCUT2D eigenvalue weighted by Gasteiger charge is 2.20. The van der Waals surface area contributed by atoms with Gasteiger partial charge in [-0.2, -0.15) is 0 Å². The number of hydrogen-bond acceptors (Lipinski definition) is 3. The van der Waals surface area contributed by atoms with Crippen LogP contribution < -0.4 is 0 Å². The summed E-state index contributed by atoms with van der Waals surface area (Å²) in [6, 6.07) is 11.6. The van der Waals surface area contributed by atoms with Crippen LogP contribution >= 0.6 is 0 Å². The van der Waals surface area contributed by atoms with Gasteiger partial charge in [-0.05, 0) is 18.6 Å². The molecule has 2 aromatic heterocycles. The molecule has 0 spiro atoms. The molecule has 20 heavy (non-hydrogen) atoms. The van der Waals surface area contributed by atoms with Crippen molar-refractivity contribution in [2.75, 3.05) is 6.61 Å². The second-order valence-corrected chi connectivity index (χ2v) is 4.38. The number of carbonyl (C=O) groups is 1. The smallest absolute Gasteiger partial charge is 0.341 e. The van der Waals surface area contributed by atoms with E-state index in [9.17, 15) is 4.79 Å². The second-order valence-electron chi connectivity index (χ2n) is 4.38. The molecule has 2 heterocycles. The lowest BCUT2D eigenvalue weighted by Gasteiger charge is -2.04. The highest BCUT2D eigenvalue weighted by atomic mass is 16.5. The van der Waals surface area contributed by atoms with Gasteiger partial charge in [-0.3, -0.25) is 4.98 Å². The van der Waals surface area contributed by atoms with Crippen molar-refractivity contribution in [3.63, 3.8) is 0 Å². The normalized spacial score (nSPS) is 10.7. The first kappa shape index (κ1) is 12.4. The number of pyridine rings is 1. The van der Waals surface area contributed by atoms with Crippen LogP contribution in [0.3, 0.4) is 0 Å². The van der Waals surface area contributed by atoms with Crippen molar-refractivity contribution in [2.45, 2.75) is 6.92 Å². The first-order chi connectivity index (χ1) is 9.81. The zero-order valence-corrected chi connectivity index (χ0v) is 11.1. The molecule has 0 unspecified atom stereocenters. The molecule has 0 aliphatic carbocycles. The molecule has 0 amide bonds. The largest absolute Gasteiger partial charge is 0.462 e. The third-order valence-corrected chi connectivity index (χ3v) is 3.14. The monoisotopic (exact) mass is 266 g/mol. The van der Waals surface area contributed by atoms with E-state index in [1.807, 2.05) is 36.4 Å². The van der Waals surface area contributed by atoms with E-state index < -0.39 is 0 Å². The van der Waals surface area contributed by atoms with E-state index in [0.29, 0.717) is 12.2 Å². The van der Waals surface area contributed by atoms with Crippen molar-refractivity contribution in [1.29, 1.82) is 0 Å². The predicted molar refractivity (Wildman–Crippen MR) is 77.5 cm³/mol. The summed E-state index contributed by atoms with van der Waals surface area (Å²) in [4.78, 5) is 19.6. The Labute approximate surface area is 116 Å². The maximum absolute atomic E-state index is 12.2. The molecule has 1 N–H and O–H groups in total. The highest BCUT2D eigenvalue weighted by Crippen LogP contribution is 2.30. The van der Waals surface area contributed by atoms with Crippen LogP contribution in [0.4, 0.5) is 0 Å². The van der Waals surface area contributed by atoms with Crippen LogP contribution in [0, 0.1) is 0 Å². The average Bonchev–Trinajstić information content (AvgIpc) is 2.88. The fourth-order valence-electron chi connectivity index (χ4n) is 2.27. The summed E-state index contributed by atoms with van der Waals surface area (Å²) in [7, 11) is 0. The molecule has 4 nitrogen and oxygen atoms in total. The van der Waals surface area contributed by atoms with Crippen LogP contribution in [0.15, 0.2) is 48.8 Å². The Morgan fingerprint density at radius 2 is 2.05 bits per heavy atom. The fraction of sp³-hybridized carbons (Fsp3) is 0.125. The molecular formula is C16H14N2O2. The highest BCUT2D eigenvalue weighted by molar-refractivity contribution is 6.09. The molecule has 0 saturated carbocycles. The lowest BCUT2D eigenvalue weighted by atomic mass is 10.1. The number of benzene rings is 1. The van der Waals surface area contributed by atoms with Gasteiger partial charge in [0, 0.05) is 23.3 Å². The van der Waals surface area contributed by atoms with Gasteiger partial charge in [0.15, 0.2) is 0 Å². The van der Waals surface area contributed by atoms with Crippen LogP contribution in [0.2, 0.25) is 0 Å². The summed E-state index contributed by atoms with van der Waals surface area (Å²) in [6.45, 7) is 2.15. The zero-order valence-electron chi connectivity index (χ0n) is 11.1. The van der Waals surface area contributed by atoms with Gasteiger partial charge in [0.2, 0.25) is 0 Å². The Morgan fingerprint density at radius 3 is 2.80 bits per heavy atom. The van der Waals surface area contributed by atoms with Gasteiger partial charge in [0.25, 0.3) is 0 Å². The maximum Gasteiger partial charge on any atom is 0.341 e. The lowest BCUT2D eigenvalue weighted by molar-refractivity contribution is 0.0529. The Hall–Kier alpha value is -2.62. The summed E-state index contributed by atoms with van der Waals surface area (Å²) in [5.41, 5.74) is 3.14. The van der Waals surface area contributed by atoms with Gasteiger partial charge < -0.3 is 9.72 Å². The number of nitrogens with zero attached hydrogens (tertiary/aromatic N) is 1. The second kappa shape index (κ2) is 5.17. The molecule has 3 aromatic rings. The molecule has 0 atom stereocenters. The number of carbonyl (C=O) groups excluding carboxylic acids is 1. The molecule has 0 bridgehead atoms.